The van der Waals surface area contributed by atoms with Crippen molar-refractivity contribution in [1.29, 1.82) is 0 Å². The van der Waals surface area contributed by atoms with Crippen molar-refractivity contribution >= 4 is 10.9 Å². The third kappa shape index (κ3) is 1.23. The number of aliphatic hydroxyl groups excluding tert-OH is 1. The summed E-state index contributed by atoms with van der Waals surface area (Å²) in [6.07, 6.45) is 2.06. The Morgan fingerprint density at radius 2 is 2.15 bits per heavy atom. The standard InChI is InChI=1S/C11H13NO/c1-2-12-7-6-10-9(8-13)4-3-5-11(10)12/h3-7,13H,2,8H2,1H3. The molecule has 0 saturated heterocycles. The number of benzene rings is 1. The maximum Gasteiger partial charge on any atom is 0.0688 e. The fourth-order valence-electron chi connectivity index (χ4n) is 1.70. The molecule has 2 heteroatoms. The molecule has 1 aromatic heterocycles. The van der Waals surface area contributed by atoms with Crippen LogP contribution in [-0.2, 0) is 13.2 Å². The van der Waals surface area contributed by atoms with E-state index in [1.54, 1.807) is 0 Å². The topological polar surface area (TPSA) is 25.2 Å². The molecule has 0 aliphatic heterocycles. The van der Waals surface area contributed by atoms with Crippen molar-refractivity contribution in [3.8, 4) is 0 Å². The molecule has 0 radical (unpaired) electrons. The second-order valence-electron chi connectivity index (χ2n) is 3.11. The molecular formula is C11H13NO. The number of aliphatic hydroxyl groups is 1. The van der Waals surface area contributed by atoms with Crippen LogP contribution in [0.1, 0.15) is 12.5 Å². The summed E-state index contributed by atoms with van der Waals surface area (Å²) < 4.78 is 2.18. The fraction of sp³-hybridized carbons (Fsp3) is 0.273. The Labute approximate surface area is 77.4 Å². The zero-order chi connectivity index (χ0) is 9.26. The molecule has 13 heavy (non-hydrogen) atoms. The highest BCUT2D eigenvalue weighted by Gasteiger charge is 2.02. The lowest BCUT2D eigenvalue weighted by molar-refractivity contribution is 0.283. The SMILES string of the molecule is CCn1ccc2c(CO)cccc21. The lowest BCUT2D eigenvalue weighted by Crippen LogP contribution is -1.91. The highest BCUT2D eigenvalue weighted by atomic mass is 16.3. The molecule has 0 unspecified atom stereocenters. The van der Waals surface area contributed by atoms with Crippen LogP contribution in [0, 0.1) is 0 Å². The summed E-state index contributed by atoms with van der Waals surface area (Å²) in [7, 11) is 0. The smallest absolute Gasteiger partial charge is 0.0688 e. The van der Waals surface area contributed by atoms with E-state index in [4.69, 9.17) is 5.11 Å². The van der Waals surface area contributed by atoms with Gasteiger partial charge in [0.05, 0.1) is 6.61 Å². The molecule has 68 valence electrons. The quantitative estimate of drug-likeness (QED) is 0.743. The first-order valence-electron chi connectivity index (χ1n) is 4.54. The molecule has 0 atom stereocenters. The zero-order valence-corrected chi connectivity index (χ0v) is 7.70. The first kappa shape index (κ1) is 8.32. The molecule has 2 nitrogen and oxygen atoms in total. The molecule has 1 heterocycles. The second-order valence-corrected chi connectivity index (χ2v) is 3.11. The molecule has 1 aromatic carbocycles. The van der Waals surface area contributed by atoms with Crippen molar-refractivity contribution in [2.24, 2.45) is 0 Å². The van der Waals surface area contributed by atoms with Gasteiger partial charge in [0, 0.05) is 23.6 Å². The largest absolute Gasteiger partial charge is 0.392 e. The molecule has 0 saturated carbocycles. The van der Waals surface area contributed by atoms with Crippen LogP contribution in [0.2, 0.25) is 0 Å². The van der Waals surface area contributed by atoms with E-state index < -0.39 is 0 Å². The third-order valence-electron chi connectivity index (χ3n) is 2.42. The van der Waals surface area contributed by atoms with Gasteiger partial charge in [-0.15, -0.1) is 0 Å². The van der Waals surface area contributed by atoms with Gasteiger partial charge in [-0.3, -0.25) is 0 Å². The van der Waals surface area contributed by atoms with Gasteiger partial charge in [0.15, 0.2) is 0 Å². The highest BCUT2D eigenvalue weighted by Crippen LogP contribution is 2.19. The van der Waals surface area contributed by atoms with Gasteiger partial charge in [-0.05, 0) is 24.6 Å². The van der Waals surface area contributed by atoms with Crippen molar-refractivity contribution in [3.63, 3.8) is 0 Å². The Morgan fingerprint density at radius 3 is 2.85 bits per heavy atom. The van der Waals surface area contributed by atoms with Crippen LogP contribution >= 0.6 is 0 Å². The second kappa shape index (κ2) is 3.23. The van der Waals surface area contributed by atoms with E-state index in [2.05, 4.69) is 29.8 Å². The van der Waals surface area contributed by atoms with Gasteiger partial charge in [0.1, 0.15) is 0 Å². The first-order chi connectivity index (χ1) is 6.36. The predicted molar refractivity (Wildman–Crippen MR) is 53.5 cm³/mol. The molecule has 1 N–H and O–H groups in total. The summed E-state index contributed by atoms with van der Waals surface area (Å²) in [5.41, 5.74) is 2.21. The van der Waals surface area contributed by atoms with E-state index >= 15 is 0 Å². The van der Waals surface area contributed by atoms with Gasteiger partial charge in [-0.25, -0.2) is 0 Å². The number of aryl methyl sites for hydroxylation is 1. The number of hydrogen-bond donors (Lipinski definition) is 1. The maximum absolute atomic E-state index is 9.11. The molecule has 2 rings (SSSR count). The van der Waals surface area contributed by atoms with Crippen LogP contribution < -0.4 is 0 Å². The summed E-state index contributed by atoms with van der Waals surface area (Å²) in [4.78, 5) is 0. The number of rotatable bonds is 2. The van der Waals surface area contributed by atoms with E-state index in [0.717, 1.165) is 17.5 Å². The fourth-order valence-corrected chi connectivity index (χ4v) is 1.70. The average Bonchev–Trinajstić information content (AvgIpc) is 2.60. The minimum Gasteiger partial charge on any atom is -0.392 e. The Morgan fingerprint density at radius 1 is 1.31 bits per heavy atom. The molecule has 2 aromatic rings. The van der Waals surface area contributed by atoms with E-state index in [1.807, 2.05) is 12.1 Å². The van der Waals surface area contributed by atoms with Crippen molar-refractivity contribution in [2.45, 2.75) is 20.1 Å². The Balaban J connectivity index is 2.72. The summed E-state index contributed by atoms with van der Waals surface area (Å²) in [6.45, 7) is 3.20. The van der Waals surface area contributed by atoms with Crippen LogP contribution in [0.25, 0.3) is 10.9 Å². The molecule has 0 spiro atoms. The lowest BCUT2D eigenvalue weighted by Gasteiger charge is -2.02. The van der Waals surface area contributed by atoms with Crippen molar-refractivity contribution < 1.29 is 5.11 Å². The summed E-state index contributed by atoms with van der Waals surface area (Å²) in [5, 5.41) is 10.3. The molecule has 0 aliphatic rings. The number of hydrogen-bond acceptors (Lipinski definition) is 1. The van der Waals surface area contributed by atoms with Crippen LogP contribution in [0.3, 0.4) is 0 Å². The Hall–Kier alpha value is -1.28. The van der Waals surface area contributed by atoms with E-state index in [-0.39, 0.29) is 6.61 Å². The van der Waals surface area contributed by atoms with Gasteiger partial charge in [0.2, 0.25) is 0 Å². The van der Waals surface area contributed by atoms with Crippen LogP contribution in [0.4, 0.5) is 0 Å². The van der Waals surface area contributed by atoms with Crippen LogP contribution in [-0.4, -0.2) is 9.67 Å². The van der Waals surface area contributed by atoms with E-state index in [9.17, 15) is 0 Å². The number of aromatic nitrogens is 1. The summed E-state index contributed by atoms with van der Waals surface area (Å²) in [5.74, 6) is 0. The van der Waals surface area contributed by atoms with Crippen molar-refractivity contribution in [2.75, 3.05) is 0 Å². The minimum absolute atomic E-state index is 0.116. The monoisotopic (exact) mass is 175 g/mol. The molecular weight excluding hydrogens is 162 g/mol. The first-order valence-corrected chi connectivity index (χ1v) is 4.54. The van der Waals surface area contributed by atoms with Crippen LogP contribution in [0.5, 0.6) is 0 Å². The van der Waals surface area contributed by atoms with E-state index in [1.165, 1.54) is 5.52 Å². The average molecular weight is 175 g/mol. The number of nitrogens with zero attached hydrogens (tertiary/aromatic N) is 1. The number of fused-ring (bicyclic) bond motifs is 1. The lowest BCUT2D eigenvalue weighted by atomic mass is 10.1. The molecule has 0 amide bonds. The minimum atomic E-state index is 0.116. The maximum atomic E-state index is 9.11. The normalized spacial score (nSPS) is 10.9. The van der Waals surface area contributed by atoms with Gasteiger partial charge in [-0.1, -0.05) is 12.1 Å². The molecule has 0 aliphatic carbocycles. The van der Waals surface area contributed by atoms with Gasteiger partial charge in [-0.2, -0.15) is 0 Å². The van der Waals surface area contributed by atoms with Gasteiger partial charge in [0.25, 0.3) is 0 Å². The highest BCUT2D eigenvalue weighted by molar-refractivity contribution is 5.83. The van der Waals surface area contributed by atoms with Crippen LogP contribution in [0.15, 0.2) is 30.5 Å². The Bertz CT molecular complexity index is 417. The molecule has 0 fully saturated rings. The Kier molecular flexibility index (Phi) is 2.07. The van der Waals surface area contributed by atoms with E-state index in [0.29, 0.717) is 0 Å². The molecule has 0 bridgehead atoms. The van der Waals surface area contributed by atoms with Crippen molar-refractivity contribution in [1.82, 2.24) is 4.57 Å². The zero-order valence-electron chi connectivity index (χ0n) is 7.70. The summed E-state index contributed by atoms with van der Waals surface area (Å²) in [6, 6.07) is 8.09. The summed E-state index contributed by atoms with van der Waals surface area (Å²) >= 11 is 0. The van der Waals surface area contributed by atoms with Gasteiger partial charge >= 0.3 is 0 Å². The van der Waals surface area contributed by atoms with Crippen molar-refractivity contribution in [3.05, 3.63) is 36.0 Å². The third-order valence-corrected chi connectivity index (χ3v) is 2.42. The van der Waals surface area contributed by atoms with Gasteiger partial charge < -0.3 is 9.67 Å². The predicted octanol–water partition coefficient (Wildman–Crippen LogP) is 2.15.